The molecule has 0 aromatic heterocycles. The van der Waals surface area contributed by atoms with Gasteiger partial charge in [-0.3, -0.25) is 0 Å². The third-order valence-corrected chi connectivity index (χ3v) is 3.82. The van der Waals surface area contributed by atoms with E-state index in [1.54, 1.807) is 25.1 Å². The number of nitrogens with two attached hydrogens (primary N) is 1. The zero-order valence-electron chi connectivity index (χ0n) is 12.1. The maximum absolute atomic E-state index is 13.7. The molecule has 112 valence electrons. The molecule has 0 saturated heterocycles. The normalized spacial score (nSPS) is 13.8. The van der Waals surface area contributed by atoms with Crippen molar-refractivity contribution in [2.75, 3.05) is 0 Å². The summed E-state index contributed by atoms with van der Waals surface area (Å²) in [5.41, 5.74) is 7.55. The molecule has 0 fully saturated rings. The highest BCUT2D eigenvalue weighted by atomic mass is 35.5. The molecule has 0 aliphatic heterocycles. The van der Waals surface area contributed by atoms with Gasteiger partial charge in [-0.25, -0.2) is 4.39 Å². The minimum Gasteiger partial charge on any atom is -0.484 e. The summed E-state index contributed by atoms with van der Waals surface area (Å²) < 4.78 is 19.6. The fourth-order valence-corrected chi connectivity index (χ4v) is 2.34. The van der Waals surface area contributed by atoms with Gasteiger partial charge in [0.15, 0.2) is 0 Å². The van der Waals surface area contributed by atoms with Crippen molar-refractivity contribution in [3.05, 3.63) is 64.4 Å². The van der Waals surface area contributed by atoms with Gasteiger partial charge in [0.2, 0.25) is 0 Å². The third kappa shape index (κ3) is 3.74. The van der Waals surface area contributed by atoms with Gasteiger partial charge in [0.05, 0.1) is 0 Å². The second kappa shape index (κ2) is 6.92. The maximum atomic E-state index is 13.7. The third-order valence-electron chi connectivity index (χ3n) is 3.48. The van der Waals surface area contributed by atoms with Crippen LogP contribution in [0.1, 0.15) is 30.6 Å². The van der Waals surface area contributed by atoms with E-state index in [4.69, 9.17) is 22.1 Å². The largest absolute Gasteiger partial charge is 0.484 e. The number of benzene rings is 2. The molecule has 0 bridgehead atoms. The fourth-order valence-electron chi connectivity index (χ4n) is 2.09. The standard InChI is InChI=1S/C17H19ClFNO/c1-3-16(20)17(13-6-4-5-7-14(13)18)21-12-9-8-11(2)15(19)10-12/h4-10,16-17H,3,20H2,1-2H3. The molecule has 21 heavy (non-hydrogen) atoms. The van der Waals surface area contributed by atoms with E-state index in [1.807, 2.05) is 25.1 Å². The Morgan fingerprint density at radius 1 is 1.24 bits per heavy atom. The molecular weight excluding hydrogens is 289 g/mol. The summed E-state index contributed by atoms with van der Waals surface area (Å²) in [5.74, 6) is 0.155. The first-order valence-corrected chi connectivity index (χ1v) is 7.33. The summed E-state index contributed by atoms with van der Waals surface area (Å²) in [6, 6.07) is 12.0. The SMILES string of the molecule is CCC(N)C(Oc1ccc(C)c(F)c1)c1ccccc1Cl. The van der Waals surface area contributed by atoms with E-state index < -0.39 is 6.10 Å². The van der Waals surface area contributed by atoms with Gasteiger partial charge in [-0.1, -0.05) is 42.8 Å². The van der Waals surface area contributed by atoms with Gasteiger partial charge in [-0.15, -0.1) is 0 Å². The van der Waals surface area contributed by atoms with E-state index in [1.165, 1.54) is 6.07 Å². The molecule has 2 aromatic carbocycles. The van der Waals surface area contributed by atoms with Crippen molar-refractivity contribution in [3.63, 3.8) is 0 Å². The van der Waals surface area contributed by atoms with Crippen LogP contribution in [0.2, 0.25) is 5.02 Å². The Balaban J connectivity index is 2.33. The lowest BCUT2D eigenvalue weighted by Crippen LogP contribution is -2.31. The Morgan fingerprint density at radius 2 is 1.95 bits per heavy atom. The highest BCUT2D eigenvalue weighted by molar-refractivity contribution is 6.31. The molecule has 0 saturated carbocycles. The van der Waals surface area contributed by atoms with Gasteiger partial charge in [0, 0.05) is 22.7 Å². The van der Waals surface area contributed by atoms with Gasteiger partial charge in [-0.05, 0) is 31.0 Å². The predicted octanol–water partition coefficient (Wildman–Crippen LogP) is 4.64. The van der Waals surface area contributed by atoms with Crippen LogP contribution < -0.4 is 10.5 Å². The first kappa shape index (κ1) is 15.8. The molecule has 2 rings (SSSR count). The van der Waals surface area contributed by atoms with Crippen LogP contribution in [-0.2, 0) is 0 Å². The van der Waals surface area contributed by atoms with E-state index in [9.17, 15) is 4.39 Å². The van der Waals surface area contributed by atoms with Gasteiger partial charge in [-0.2, -0.15) is 0 Å². The molecule has 0 radical (unpaired) electrons. The quantitative estimate of drug-likeness (QED) is 0.873. The number of halogens is 2. The average Bonchev–Trinajstić information content (AvgIpc) is 2.48. The van der Waals surface area contributed by atoms with Crippen LogP contribution in [-0.4, -0.2) is 6.04 Å². The summed E-state index contributed by atoms with van der Waals surface area (Å²) in [7, 11) is 0. The maximum Gasteiger partial charge on any atom is 0.140 e. The summed E-state index contributed by atoms with van der Waals surface area (Å²) in [4.78, 5) is 0. The number of ether oxygens (including phenoxy) is 1. The van der Waals surface area contributed by atoms with Crippen molar-refractivity contribution in [2.24, 2.45) is 5.73 Å². The van der Waals surface area contributed by atoms with Crippen LogP contribution in [0.4, 0.5) is 4.39 Å². The van der Waals surface area contributed by atoms with Crippen LogP contribution in [0, 0.1) is 12.7 Å². The van der Waals surface area contributed by atoms with Crippen molar-refractivity contribution >= 4 is 11.6 Å². The number of aryl methyl sites for hydroxylation is 1. The molecular formula is C17H19ClFNO. The topological polar surface area (TPSA) is 35.2 Å². The highest BCUT2D eigenvalue weighted by Gasteiger charge is 2.23. The monoisotopic (exact) mass is 307 g/mol. The molecule has 2 atom stereocenters. The van der Waals surface area contributed by atoms with Gasteiger partial charge in [0.1, 0.15) is 17.7 Å². The summed E-state index contributed by atoms with van der Waals surface area (Å²) in [6.07, 6.45) is 0.315. The van der Waals surface area contributed by atoms with Crippen molar-refractivity contribution in [1.82, 2.24) is 0 Å². The zero-order chi connectivity index (χ0) is 15.4. The fraction of sp³-hybridized carbons (Fsp3) is 0.294. The summed E-state index contributed by atoms with van der Waals surface area (Å²) in [5, 5.41) is 0.596. The second-order valence-electron chi connectivity index (χ2n) is 5.04. The Bertz CT molecular complexity index is 617. The minimum absolute atomic E-state index is 0.228. The molecule has 0 amide bonds. The van der Waals surface area contributed by atoms with Crippen molar-refractivity contribution in [1.29, 1.82) is 0 Å². The Morgan fingerprint density at radius 3 is 2.57 bits per heavy atom. The zero-order valence-corrected chi connectivity index (χ0v) is 12.9. The number of hydrogen-bond donors (Lipinski definition) is 1. The summed E-state index contributed by atoms with van der Waals surface area (Å²) >= 11 is 6.23. The molecule has 0 heterocycles. The molecule has 0 spiro atoms. The van der Waals surface area contributed by atoms with E-state index in [0.29, 0.717) is 16.3 Å². The Hall–Kier alpha value is -1.58. The Labute approximate surface area is 129 Å². The minimum atomic E-state index is -0.411. The number of rotatable bonds is 5. The van der Waals surface area contributed by atoms with Crippen LogP contribution >= 0.6 is 11.6 Å². The van der Waals surface area contributed by atoms with E-state index in [2.05, 4.69) is 0 Å². The van der Waals surface area contributed by atoms with Crippen molar-refractivity contribution in [2.45, 2.75) is 32.4 Å². The highest BCUT2D eigenvalue weighted by Crippen LogP contribution is 2.30. The first-order valence-electron chi connectivity index (χ1n) is 6.95. The van der Waals surface area contributed by atoms with Crippen LogP contribution in [0.15, 0.2) is 42.5 Å². The van der Waals surface area contributed by atoms with Gasteiger partial charge in [0.25, 0.3) is 0 Å². The predicted molar refractivity (Wildman–Crippen MR) is 84.2 cm³/mol. The molecule has 2 aromatic rings. The molecule has 2 unspecified atom stereocenters. The Kier molecular flexibility index (Phi) is 5.21. The van der Waals surface area contributed by atoms with Crippen molar-refractivity contribution in [3.8, 4) is 5.75 Å². The lowest BCUT2D eigenvalue weighted by atomic mass is 10.0. The lowest BCUT2D eigenvalue weighted by molar-refractivity contribution is 0.170. The van der Waals surface area contributed by atoms with Crippen LogP contribution in [0.5, 0.6) is 5.75 Å². The molecule has 4 heteroatoms. The van der Waals surface area contributed by atoms with E-state index >= 15 is 0 Å². The second-order valence-corrected chi connectivity index (χ2v) is 5.45. The van der Waals surface area contributed by atoms with Crippen LogP contribution in [0.25, 0.3) is 0 Å². The average molecular weight is 308 g/mol. The first-order chi connectivity index (χ1) is 10.0. The smallest absolute Gasteiger partial charge is 0.140 e. The van der Waals surface area contributed by atoms with Crippen molar-refractivity contribution < 1.29 is 9.13 Å². The molecule has 0 aliphatic carbocycles. The molecule has 2 N–H and O–H groups in total. The molecule has 0 aliphatic rings. The van der Waals surface area contributed by atoms with E-state index in [0.717, 1.165) is 12.0 Å². The van der Waals surface area contributed by atoms with E-state index in [-0.39, 0.29) is 11.9 Å². The lowest BCUT2D eigenvalue weighted by Gasteiger charge is -2.25. The number of hydrogen-bond acceptors (Lipinski definition) is 2. The van der Waals surface area contributed by atoms with Gasteiger partial charge < -0.3 is 10.5 Å². The van der Waals surface area contributed by atoms with Crippen LogP contribution in [0.3, 0.4) is 0 Å². The molecule has 2 nitrogen and oxygen atoms in total. The van der Waals surface area contributed by atoms with Gasteiger partial charge >= 0.3 is 0 Å². The summed E-state index contributed by atoms with van der Waals surface area (Å²) in [6.45, 7) is 3.69.